The van der Waals surface area contributed by atoms with Crippen molar-refractivity contribution in [3.63, 3.8) is 0 Å². The minimum atomic E-state index is -0.0772. The van der Waals surface area contributed by atoms with Gasteiger partial charge in [0.2, 0.25) is 0 Å². The topological polar surface area (TPSA) is 38.8 Å². The lowest BCUT2D eigenvalue weighted by atomic mass is 9.83. The van der Waals surface area contributed by atoms with Crippen LogP contribution in [-0.2, 0) is 9.47 Å². The zero-order valence-corrected chi connectivity index (χ0v) is 12.7. The lowest BCUT2D eigenvalue weighted by molar-refractivity contribution is 0.0408. The Morgan fingerprint density at radius 3 is 2.50 bits per heavy atom. The van der Waals surface area contributed by atoms with Crippen LogP contribution in [0.5, 0.6) is 0 Å². The van der Waals surface area contributed by atoms with Crippen LogP contribution in [0.3, 0.4) is 0 Å². The number of ether oxygens (including phenoxy) is 2. The molecule has 0 aromatic rings. The normalized spacial score (nSPS) is 36.6. The number of rotatable bonds is 3. The highest BCUT2D eigenvalue weighted by molar-refractivity contribution is 5.69. The SMILES string of the molecule is CC(C)C1CC2CCC(C1)N2C(=O)OCC1CCOC1. The first-order chi connectivity index (χ1) is 9.65. The van der Waals surface area contributed by atoms with E-state index in [1.165, 1.54) is 0 Å². The summed E-state index contributed by atoms with van der Waals surface area (Å²) in [5, 5.41) is 0. The second-order valence-corrected chi connectivity index (χ2v) is 7.07. The summed E-state index contributed by atoms with van der Waals surface area (Å²) in [4.78, 5) is 14.4. The fourth-order valence-corrected chi connectivity index (χ4v) is 4.04. The summed E-state index contributed by atoms with van der Waals surface area (Å²) in [5.41, 5.74) is 0. The summed E-state index contributed by atoms with van der Waals surface area (Å²) in [6.07, 6.45) is 5.60. The van der Waals surface area contributed by atoms with Gasteiger partial charge in [0.1, 0.15) is 0 Å². The van der Waals surface area contributed by atoms with Gasteiger partial charge in [-0.05, 0) is 43.9 Å². The molecule has 3 fully saturated rings. The van der Waals surface area contributed by atoms with Crippen LogP contribution in [0.4, 0.5) is 4.79 Å². The molecule has 0 spiro atoms. The number of amides is 1. The van der Waals surface area contributed by atoms with E-state index < -0.39 is 0 Å². The van der Waals surface area contributed by atoms with Crippen molar-refractivity contribution in [2.45, 2.75) is 58.0 Å². The van der Waals surface area contributed by atoms with Crippen molar-refractivity contribution in [1.29, 1.82) is 0 Å². The van der Waals surface area contributed by atoms with Crippen molar-refractivity contribution in [1.82, 2.24) is 4.90 Å². The molecule has 0 radical (unpaired) electrons. The first-order valence-electron chi connectivity index (χ1n) is 8.18. The number of hydrogen-bond donors (Lipinski definition) is 0. The number of hydrogen-bond acceptors (Lipinski definition) is 3. The van der Waals surface area contributed by atoms with Crippen molar-refractivity contribution in [2.75, 3.05) is 19.8 Å². The van der Waals surface area contributed by atoms with E-state index in [-0.39, 0.29) is 6.09 Å². The van der Waals surface area contributed by atoms with Gasteiger partial charge in [0.15, 0.2) is 0 Å². The first kappa shape index (κ1) is 14.2. The van der Waals surface area contributed by atoms with Gasteiger partial charge in [-0.15, -0.1) is 0 Å². The predicted octanol–water partition coefficient (Wildman–Crippen LogP) is 3.06. The lowest BCUT2D eigenvalue weighted by Crippen LogP contribution is -2.47. The van der Waals surface area contributed by atoms with Crippen LogP contribution in [0.1, 0.15) is 46.0 Å². The Bertz CT molecular complexity index is 338. The maximum absolute atomic E-state index is 12.4. The Morgan fingerprint density at radius 2 is 1.95 bits per heavy atom. The van der Waals surface area contributed by atoms with E-state index in [4.69, 9.17) is 9.47 Å². The molecule has 3 unspecified atom stereocenters. The van der Waals surface area contributed by atoms with Crippen molar-refractivity contribution in [3.8, 4) is 0 Å². The Morgan fingerprint density at radius 1 is 1.25 bits per heavy atom. The van der Waals surface area contributed by atoms with E-state index in [2.05, 4.69) is 18.7 Å². The molecule has 4 nitrogen and oxygen atoms in total. The summed E-state index contributed by atoms with van der Waals surface area (Å²) in [5.74, 6) is 1.91. The molecule has 0 aromatic heterocycles. The molecule has 0 N–H and O–H groups in total. The molecule has 3 aliphatic heterocycles. The highest BCUT2D eigenvalue weighted by atomic mass is 16.6. The van der Waals surface area contributed by atoms with Gasteiger partial charge in [-0.2, -0.15) is 0 Å². The van der Waals surface area contributed by atoms with Crippen LogP contribution in [-0.4, -0.2) is 42.9 Å². The minimum Gasteiger partial charge on any atom is -0.449 e. The third-order valence-electron chi connectivity index (χ3n) is 5.39. The van der Waals surface area contributed by atoms with E-state index in [1.807, 2.05) is 0 Å². The smallest absolute Gasteiger partial charge is 0.410 e. The quantitative estimate of drug-likeness (QED) is 0.798. The van der Waals surface area contributed by atoms with E-state index >= 15 is 0 Å². The zero-order chi connectivity index (χ0) is 14.1. The van der Waals surface area contributed by atoms with Gasteiger partial charge in [-0.1, -0.05) is 13.8 Å². The first-order valence-corrected chi connectivity index (χ1v) is 8.18. The van der Waals surface area contributed by atoms with Gasteiger partial charge in [-0.3, -0.25) is 0 Å². The van der Waals surface area contributed by atoms with E-state index in [0.717, 1.165) is 57.2 Å². The summed E-state index contributed by atoms with van der Waals surface area (Å²) in [7, 11) is 0. The Labute approximate surface area is 121 Å². The average Bonchev–Trinajstić information content (AvgIpc) is 3.02. The van der Waals surface area contributed by atoms with Gasteiger partial charge in [0, 0.05) is 24.6 Å². The molecule has 3 heterocycles. The summed E-state index contributed by atoms with van der Waals surface area (Å²) in [6, 6.07) is 0.849. The molecule has 0 saturated carbocycles. The third kappa shape index (κ3) is 2.80. The molecule has 0 aromatic carbocycles. The molecular formula is C16H27NO3. The number of carbonyl (C=O) groups excluding carboxylic acids is 1. The van der Waals surface area contributed by atoms with Crippen molar-refractivity contribution >= 4 is 6.09 Å². The molecule has 3 rings (SSSR count). The summed E-state index contributed by atoms with van der Waals surface area (Å²) in [6.45, 7) is 6.70. The second kappa shape index (κ2) is 5.92. The van der Waals surface area contributed by atoms with Crippen molar-refractivity contribution in [3.05, 3.63) is 0 Å². The molecule has 1 amide bonds. The standard InChI is InChI=1S/C16H27NO3/c1-11(2)13-7-14-3-4-15(8-13)17(14)16(18)20-10-12-5-6-19-9-12/h11-15H,3-10H2,1-2H3. The van der Waals surface area contributed by atoms with E-state index in [9.17, 15) is 4.79 Å². The van der Waals surface area contributed by atoms with Crippen molar-refractivity contribution in [2.24, 2.45) is 17.8 Å². The fraction of sp³-hybridized carbons (Fsp3) is 0.938. The molecule has 4 heteroatoms. The number of piperidine rings is 1. The van der Waals surface area contributed by atoms with Crippen LogP contribution in [0.2, 0.25) is 0 Å². The molecule has 0 aliphatic carbocycles. The van der Waals surface area contributed by atoms with Gasteiger partial charge in [-0.25, -0.2) is 4.79 Å². The Hall–Kier alpha value is -0.770. The zero-order valence-electron chi connectivity index (χ0n) is 12.7. The van der Waals surface area contributed by atoms with Crippen LogP contribution >= 0.6 is 0 Å². The van der Waals surface area contributed by atoms with Crippen LogP contribution < -0.4 is 0 Å². The fourth-order valence-electron chi connectivity index (χ4n) is 4.04. The van der Waals surface area contributed by atoms with Crippen LogP contribution in [0.15, 0.2) is 0 Å². The molecule has 2 bridgehead atoms. The van der Waals surface area contributed by atoms with E-state index in [1.54, 1.807) is 0 Å². The van der Waals surface area contributed by atoms with Crippen LogP contribution in [0, 0.1) is 17.8 Å². The highest BCUT2D eigenvalue weighted by Crippen LogP contribution is 2.41. The van der Waals surface area contributed by atoms with E-state index in [0.29, 0.717) is 24.6 Å². The Kier molecular flexibility index (Phi) is 4.20. The summed E-state index contributed by atoms with van der Waals surface area (Å²) < 4.78 is 10.9. The number of nitrogens with zero attached hydrogens (tertiary/aromatic N) is 1. The monoisotopic (exact) mass is 281 g/mol. The molecule has 3 saturated heterocycles. The highest BCUT2D eigenvalue weighted by Gasteiger charge is 2.44. The number of fused-ring (bicyclic) bond motifs is 2. The maximum Gasteiger partial charge on any atom is 0.410 e. The third-order valence-corrected chi connectivity index (χ3v) is 5.39. The van der Waals surface area contributed by atoms with Gasteiger partial charge < -0.3 is 14.4 Å². The van der Waals surface area contributed by atoms with Gasteiger partial charge in [0.05, 0.1) is 13.2 Å². The average molecular weight is 281 g/mol. The predicted molar refractivity (Wildman–Crippen MR) is 76.5 cm³/mol. The van der Waals surface area contributed by atoms with Crippen LogP contribution in [0.25, 0.3) is 0 Å². The Balaban J connectivity index is 1.53. The number of carbonyl (C=O) groups is 1. The molecule has 20 heavy (non-hydrogen) atoms. The summed E-state index contributed by atoms with van der Waals surface area (Å²) >= 11 is 0. The maximum atomic E-state index is 12.4. The van der Waals surface area contributed by atoms with Crippen molar-refractivity contribution < 1.29 is 14.3 Å². The molecule has 3 aliphatic rings. The van der Waals surface area contributed by atoms with Gasteiger partial charge >= 0.3 is 6.09 Å². The second-order valence-electron chi connectivity index (χ2n) is 7.07. The molecular weight excluding hydrogens is 254 g/mol. The largest absolute Gasteiger partial charge is 0.449 e. The minimum absolute atomic E-state index is 0.0772. The molecule has 114 valence electrons. The van der Waals surface area contributed by atoms with Gasteiger partial charge in [0.25, 0.3) is 0 Å². The lowest BCUT2D eigenvalue weighted by Gasteiger charge is -2.39. The molecule has 3 atom stereocenters.